The van der Waals surface area contributed by atoms with Crippen LogP contribution in [0.1, 0.15) is 43.4 Å². The van der Waals surface area contributed by atoms with Gasteiger partial charge in [0.2, 0.25) is 0 Å². The minimum absolute atomic E-state index is 0.170. The van der Waals surface area contributed by atoms with Crippen molar-refractivity contribution in [2.75, 3.05) is 6.61 Å². The molecule has 0 saturated carbocycles. The molecule has 0 aliphatic heterocycles. The molecule has 0 unspecified atom stereocenters. The van der Waals surface area contributed by atoms with Gasteiger partial charge in [0.25, 0.3) is 5.56 Å². The Morgan fingerprint density at radius 3 is 2.55 bits per heavy atom. The van der Waals surface area contributed by atoms with Gasteiger partial charge >= 0.3 is 0 Å². The molecule has 4 rings (SSSR count). The van der Waals surface area contributed by atoms with E-state index < -0.39 is 0 Å². The topological polar surface area (TPSA) is 76.7 Å². The van der Waals surface area contributed by atoms with Gasteiger partial charge in [0.1, 0.15) is 11.5 Å². The van der Waals surface area contributed by atoms with Gasteiger partial charge in [-0.25, -0.2) is 4.98 Å². The van der Waals surface area contributed by atoms with Crippen LogP contribution in [0, 0.1) is 6.92 Å². The number of nitrogens with zero attached hydrogens (tertiary/aromatic N) is 3. The first-order valence-electron chi connectivity index (χ1n) is 11.0. The molecule has 0 bridgehead atoms. The Hall–Kier alpha value is -3.93. The fourth-order valence-corrected chi connectivity index (χ4v) is 3.76. The fourth-order valence-electron chi connectivity index (χ4n) is 3.76. The molecule has 1 N–H and O–H groups in total. The zero-order chi connectivity index (χ0) is 23.5. The summed E-state index contributed by atoms with van der Waals surface area (Å²) in [6, 6.07) is 18.0. The average molecular weight is 442 g/mol. The lowest BCUT2D eigenvalue weighted by Crippen LogP contribution is -2.20. The van der Waals surface area contributed by atoms with E-state index in [0.29, 0.717) is 23.3 Å². The normalized spacial score (nSPS) is 11.5. The molecule has 0 spiro atoms. The highest BCUT2D eigenvalue weighted by molar-refractivity contribution is 5.82. The number of phenolic OH excluding ortho intramolecular Hbond substituents is 1. The van der Waals surface area contributed by atoms with Gasteiger partial charge in [-0.15, -0.1) is 0 Å². The molecule has 3 aromatic carbocycles. The van der Waals surface area contributed by atoms with Crippen LogP contribution in [0.25, 0.3) is 22.3 Å². The van der Waals surface area contributed by atoms with E-state index >= 15 is 0 Å². The molecule has 4 aromatic rings. The molecular formula is C27H27N3O3. The number of hydrogen-bond acceptors (Lipinski definition) is 5. The zero-order valence-electron chi connectivity index (χ0n) is 19.2. The fraction of sp³-hybridized carbons (Fsp3) is 0.222. The first-order chi connectivity index (χ1) is 15.9. The van der Waals surface area contributed by atoms with E-state index in [-0.39, 0.29) is 17.2 Å². The number of aromatic hydroxyl groups is 1. The largest absolute Gasteiger partial charge is 0.508 e. The van der Waals surface area contributed by atoms with Crippen LogP contribution in [0.5, 0.6) is 11.5 Å². The van der Waals surface area contributed by atoms with E-state index in [4.69, 9.17) is 9.72 Å². The predicted molar refractivity (Wildman–Crippen MR) is 133 cm³/mol. The van der Waals surface area contributed by atoms with Gasteiger partial charge in [0, 0.05) is 5.56 Å². The molecule has 0 radical (unpaired) electrons. The van der Waals surface area contributed by atoms with Crippen LogP contribution in [0.4, 0.5) is 0 Å². The van der Waals surface area contributed by atoms with Crippen molar-refractivity contribution in [3.05, 3.63) is 87.7 Å². The quantitative estimate of drug-likeness (QED) is 0.402. The molecule has 0 saturated heterocycles. The van der Waals surface area contributed by atoms with Gasteiger partial charge in [-0.3, -0.25) is 4.79 Å². The molecule has 1 heterocycles. The third kappa shape index (κ3) is 4.51. The minimum Gasteiger partial charge on any atom is -0.508 e. The Morgan fingerprint density at radius 2 is 1.85 bits per heavy atom. The average Bonchev–Trinajstić information content (AvgIpc) is 2.80. The van der Waals surface area contributed by atoms with Gasteiger partial charge in [0.15, 0.2) is 5.82 Å². The third-order valence-electron chi connectivity index (χ3n) is 5.49. The molecule has 168 valence electrons. The summed E-state index contributed by atoms with van der Waals surface area (Å²) in [5.74, 6) is 1.71. The Kier molecular flexibility index (Phi) is 6.27. The lowest BCUT2D eigenvalue weighted by atomic mass is 9.96. The highest BCUT2D eigenvalue weighted by atomic mass is 16.5. The van der Waals surface area contributed by atoms with E-state index in [1.807, 2.05) is 44.2 Å². The third-order valence-corrected chi connectivity index (χ3v) is 5.49. The summed E-state index contributed by atoms with van der Waals surface area (Å²) in [4.78, 5) is 18.3. The molecule has 0 aliphatic carbocycles. The Balaban J connectivity index is 1.97. The minimum atomic E-state index is -0.245. The van der Waals surface area contributed by atoms with Crippen molar-refractivity contribution >= 4 is 17.1 Å². The highest BCUT2D eigenvalue weighted by Crippen LogP contribution is 2.34. The summed E-state index contributed by atoms with van der Waals surface area (Å²) in [6.07, 6.45) is 1.59. The Labute approximate surface area is 192 Å². The lowest BCUT2D eigenvalue weighted by Gasteiger charge is -2.18. The maximum absolute atomic E-state index is 13.4. The number of aromatic nitrogens is 2. The second-order valence-corrected chi connectivity index (χ2v) is 8.20. The number of hydrogen-bond donors (Lipinski definition) is 1. The number of aryl methyl sites for hydroxylation is 1. The smallest absolute Gasteiger partial charge is 0.282 e. The zero-order valence-corrected chi connectivity index (χ0v) is 19.2. The maximum Gasteiger partial charge on any atom is 0.282 e. The van der Waals surface area contributed by atoms with Crippen molar-refractivity contribution in [2.24, 2.45) is 5.10 Å². The molecule has 0 fully saturated rings. The van der Waals surface area contributed by atoms with E-state index in [1.165, 1.54) is 4.68 Å². The van der Waals surface area contributed by atoms with Crippen molar-refractivity contribution in [1.82, 2.24) is 9.66 Å². The summed E-state index contributed by atoms with van der Waals surface area (Å²) < 4.78 is 7.22. The van der Waals surface area contributed by atoms with Crippen molar-refractivity contribution in [1.29, 1.82) is 0 Å². The van der Waals surface area contributed by atoms with E-state index in [9.17, 15) is 9.90 Å². The first kappa shape index (κ1) is 22.3. The van der Waals surface area contributed by atoms with E-state index in [1.54, 1.807) is 36.5 Å². The second kappa shape index (κ2) is 9.28. The maximum atomic E-state index is 13.4. The summed E-state index contributed by atoms with van der Waals surface area (Å²) in [5, 5.41) is 14.5. The van der Waals surface area contributed by atoms with Crippen molar-refractivity contribution in [2.45, 2.75) is 33.6 Å². The number of para-hydroxylation sites is 1. The standard InChI is InChI=1S/C27H27N3O3/c1-5-33-25-14-18(4)23(15-22(25)17(2)3)26-29-24-9-7-6-8-21(24)27(32)30(26)28-16-19-10-12-20(31)13-11-19/h6-17,31H,5H2,1-4H3. The van der Waals surface area contributed by atoms with Gasteiger partial charge < -0.3 is 9.84 Å². The second-order valence-electron chi connectivity index (χ2n) is 8.20. The van der Waals surface area contributed by atoms with Crippen LogP contribution in [0.15, 0.2) is 70.6 Å². The Morgan fingerprint density at radius 1 is 1.12 bits per heavy atom. The lowest BCUT2D eigenvalue weighted by molar-refractivity contribution is 0.335. The van der Waals surface area contributed by atoms with Crippen molar-refractivity contribution in [3.63, 3.8) is 0 Å². The molecular weight excluding hydrogens is 414 g/mol. The van der Waals surface area contributed by atoms with Crippen molar-refractivity contribution in [3.8, 4) is 22.9 Å². The predicted octanol–water partition coefficient (Wildman–Crippen LogP) is 5.48. The number of ether oxygens (including phenoxy) is 1. The van der Waals surface area contributed by atoms with Gasteiger partial charge in [0.05, 0.1) is 23.7 Å². The summed E-state index contributed by atoms with van der Waals surface area (Å²) in [5.41, 5.74) is 3.95. The number of phenols is 1. The molecule has 1 aromatic heterocycles. The van der Waals surface area contributed by atoms with Crippen LogP contribution < -0.4 is 10.3 Å². The summed E-state index contributed by atoms with van der Waals surface area (Å²) >= 11 is 0. The number of rotatable bonds is 6. The van der Waals surface area contributed by atoms with Crippen molar-refractivity contribution < 1.29 is 9.84 Å². The van der Waals surface area contributed by atoms with Gasteiger partial charge in [-0.2, -0.15) is 9.78 Å². The SMILES string of the molecule is CCOc1cc(C)c(-c2nc3ccccc3c(=O)n2N=Cc2ccc(O)cc2)cc1C(C)C. The van der Waals surface area contributed by atoms with Crippen LogP contribution >= 0.6 is 0 Å². The Bertz CT molecular complexity index is 1390. The summed E-state index contributed by atoms with van der Waals surface area (Å²) in [6.45, 7) is 8.75. The number of fused-ring (bicyclic) bond motifs is 1. The molecule has 0 aliphatic rings. The van der Waals surface area contributed by atoms with Crippen LogP contribution in [0.2, 0.25) is 0 Å². The molecule has 33 heavy (non-hydrogen) atoms. The van der Waals surface area contributed by atoms with Gasteiger partial charge in [-0.1, -0.05) is 26.0 Å². The molecule has 6 nitrogen and oxygen atoms in total. The van der Waals surface area contributed by atoms with Crippen LogP contribution in [-0.4, -0.2) is 27.6 Å². The summed E-state index contributed by atoms with van der Waals surface area (Å²) in [7, 11) is 0. The molecule has 6 heteroatoms. The van der Waals surface area contributed by atoms with Crippen LogP contribution in [-0.2, 0) is 0 Å². The monoisotopic (exact) mass is 441 g/mol. The first-order valence-corrected chi connectivity index (χ1v) is 11.0. The van der Waals surface area contributed by atoms with Crippen LogP contribution in [0.3, 0.4) is 0 Å². The van der Waals surface area contributed by atoms with E-state index in [0.717, 1.165) is 28.0 Å². The van der Waals surface area contributed by atoms with E-state index in [2.05, 4.69) is 18.9 Å². The van der Waals surface area contributed by atoms with Gasteiger partial charge in [-0.05, 0) is 85.0 Å². The molecule has 0 amide bonds. The number of benzene rings is 3. The molecule has 0 atom stereocenters. The highest BCUT2D eigenvalue weighted by Gasteiger charge is 2.18.